The number of sulfonamides is 1. The molecule has 1 aliphatic rings. The van der Waals surface area contributed by atoms with Crippen molar-refractivity contribution in [2.75, 3.05) is 13.2 Å². The third kappa shape index (κ3) is 3.19. The van der Waals surface area contributed by atoms with Crippen molar-refractivity contribution < 1.29 is 17.5 Å². The second-order valence-electron chi connectivity index (χ2n) is 5.60. The van der Waals surface area contributed by atoms with Crippen LogP contribution >= 0.6 is 0 Å². The van der Waals surface area contributed by atoms with Crippen LogP contribution in [0.25, 0.3) is 0 Å². The molecule has 1 heterocycles. The van der Waals surface area contributed by atoms with E-state index >= 15 is 0 Å². The number of benzene rings is 1. The molecule has 20 heavy (non-hydrogen) atoms. The van der Waals surface area contributed by atoms with Crippen molar-refractivity contribution in [1.82, 2.24) is 4.72 Å². The molecular formula is C14H20FNO3S. The molecule has 1 fully saturated rings. The van der Waals surface area contributed by atoms with Gasteiger partial charge in [-0.2, -0.15) is 0 Å². The first-order chi connectivity index (χ1) is 9.23. The van der Waals surface area contributed by atoms with Crippen LogP contribution in [0, 0.1) is 19.7 Å². The summed E-state index contributed by atoms with van der Waals surface area (Å²) in [5.41, 5.74) is 0.370. The summed E-state index contributed by atoms with van der Waals surface area (Å²) in [5, 5.41) is 0. The van der Waals surface area contributed by atoms with Gasteiger partial charge in [-0.25, -0.2) is 17.5 Å². The van der Waals surface area contributed by atoms with Crippen LogP contribution in [0.1, 0.15) is 30.9 Å². The Labute approximate surface area is 119 Å². The summed E-state index contributed by atoms with van der Waals surface area (Å²) >= 11 is 0. The minimum Gasteiger partial charge on any atom is -0.374 e. The maximum Gasteiger partial charge on any atom is 0.241 e. The Hall–Kier alpha value is -0.980. The summed E-state index contributed by atoms with van der Waals surface area (Å²) in [6.45, 7) is 5.97. The largest absolute Gasteiger partial charge is 0.374 e. The first-order valence-corrected chi connectivity index (χ1v) is 8.12. The fourth-order valence-electron chi connectivity index (χ4n) is 2.62. The number of nitrogens with one attached hydrogen (secondary N) is 1. The highest BCUT2D eigenvalue weighted by atomic mass is 32.2. The van der Waals surface area contributed by atoms with Gasteiger partial charge in [0.1, 0.15) is 5.82 Å². The van der Waals surface area contributed by atoms with Crippen LogP contribution in [0.3, 0.4) is 0 Å². The molecule has 1 aromatic rings. The van der Waals surface area contributed by atoms with E-state index in [1.54, 1.807) is 13.8 Å². The third-order valence-corrected chi connectivity index (χ3v) is 5.34. The molecule has 0 bridgehead atoms. The predicted octanol–water partition coefficient (Wildman–Crippen LogP) is 2.29. The zero-order valence-electron chi connectivity index (χ0n) is 12.0. The number of rotatable bonds is 4. The fraction of sp³-hybridized carbons (Fsp3) is 0.571. The molecule has 0 saturated carbocycles. The van der Waals surface area contributed by atoms with E-state index < -0.39 is 21.4 Å². The molecule has 1 unspecified atom stereocenters. The molecule has 2 rings (SSSR count). The van der Waals surface area contributed by atoms with Crippen molar-refractivity contribution in [3.63, 3.8) is 0 Å². The van der Waals surface area contributed by atoms with Gasteiger partial charge in [-0.3, -0.25) is 0 Å². The van der Waals surface area contributed by atoms with Gasteiger partial charge in [-0.05, 0) is 56.9 Å². The maximum atomic E-state index is 13.3. The Morgan fingerprint density at radius 2 is 1.95 bits per heavy atom. The zero-order chi connectivity index (χ0) is 15.0. The molecule has 0 aliphatic carbocycles. The molecule has 0 radical (unpaired) electrons. The number of hydrogen-bond donors (Lipinski definition) is 1. The molecule has 4 nitrogen and oxygen atoms in total. The van der Waals surface area contributed by atoms with Crippen LogP contribution in [0.2, 0.25) is 0 Å². The summed E-state index contributed by atoms with van der Waals surface area (Å²) in [6.07, 6.45) is 1.77. The second kappa shape index (κ2) is 5.42. The molecule has 6 heteroatoms. The van der Waals surface area contributed by atoms with E-state index in [1.165, 1.54) is 12.1 Å². The van der Waals surface area contributed by atoms with Crippen molar-refractivity contribution in [2.24, 2.45) is 0 Å². The topological polar surface area (TPSA) is 55.4 Å². The number of hydrogen-bond acceptors (Lipinski definition) is 3. The molecule has 0 amide bonds. The highest BCUT2D eigenvalue weighted by molar-refractivity contribution is 7.89. The van der Waals surface area contributed by atoms with E-state index in [0.717, 1.165) is 12.8 Å². The Morgan fingerprint density at radius 1 is 1.35 bits per heavy atom. The normalized spacial score (nSPS) is 23.2. The van der Waals surface area contributed by atoms with Gasteiger partial charge in [0.25, 0.3) is 0 Å². The average Bonchev–Trinajstić information content (AvgIpc) is 2.73. The van der Waals surface area contributed by atoms with Gasteiger partial charge >= 0.3 is 0 Å². The van der Waals surface area contributed by atoms with E-state index in [-0.39, 0.29) is 11.4 Å². The summed E-state index contributed by atoms with van der Waals surface area (Å²) in [4.78, 5) is 0.153. The van der Waals surface area contributed by atoms with Crippen LogP contribution in [-0.4, -0.2) is 27.2 Å². The van der Waals surface area contributed by atoms with Crippen molar-refractivity contribution in [3.8, 4) is 0 Å². The summed E-state index contributed by atoms with van der Waals surface area (Å²) in [7, 11) is -3.66. The van der Waals surface area contributed by atoms with Gasteiger partial charge in [0.15, 0.2) is 0 Å². The fourth-order valence-corrected chi connectivity index (χ4v) is 4.22. The Kier molecular flexibility index (Phi) is 4.18. The standard InChI is InChI=1S/C14H20FNO3S/c1-10-7-12(15)8-11(2)13(10)20(17,18)16-9-14(3)5-4-6-19-14/h7-8,16H,4-6,9H2,1-3H3. The van der Waals surface area contributed by atoms with Crippen LogP contribution in [0.4, 0.5) is 4.39 Å². The van der Waals surface area contributed by atoms with Gasteiger partial charge < -0.3 is 4.74 Å². The first-order valence-electron chi connectivity index (χ1n) is 6.64. The molecule has 1 atom stereocenters. The zero-order valence-corrected chi connectivity index (χ0v) is 12.8. The molecule has 0 aromatic heterocycles. The van der Waals surface area contributed by atoms with Crippen molar-refractivity contribution >= 4 is 10.0 Å². The van der Waals surface area contributed by atoms with Crippen molar-refractivity contribution in [3.05, 3.63) is 29.1 Å². The lowest BCUT2D eigenvalue weighted by molar-refractivity contribution is 0.0250. The van der Waals surface area contributed by atoms with Crippen LogP contribution < -0.4 is 4.72 Å². The molecule has 112 valence electrons. The smallest absolute Gasteiger partial charge is 0.241 e. The van der Waals surface area contributed by atoms with Gasteiger partial charge in [0, 0.05) is 13.2 Å². The average molecular weight is 301 g/mol. The molecule has 1 aromatic carbocycles. The van der Waals surface area contributed by atoms with Crippen molar-refractivity contribution in [2.45, 2.75) is 44.1 Å². The molecule has 1 N–H and O–H groups in total. The summed E-state index contributed by atoms with van der Waals surface area (Å²) in [5.74, 6) is -0.426. The molecule has 0 spiro atoms. The quantitative estimate of drug-likeness (QED) is 0.928. The summed E-state index contributed by atoms with van der Waals surface area (Å²) in [6, 6.07) is 2.46. The third-order valence-electron chi connectivity index (χ3n) is 3.63. The number of halogens is 1. The SMILES string of the molecule is Cc1cc(F)cc(C)c1S(=O)(=O)NCC1(C)CCCO1. The molecular weight excluding hydrogens is 281 g/mol. The second-order valence-corrected chi connectivity index (χ2v) is 7.30. The maximum absolute atomic E-state index is 13.3. The van der Waals surface area contributed by atoms with Gasteiger partial charge in [0.2, 0.25) is 10.0 Å². The van der Waals surface area contributed by atoms with Gasteiger partial charge in [-0.1, -0.05) is 0 Å². The molecule has 1 aliphatic heterocycles. The lowest BCUT2D eigenvalue weighted by atomic mass is 10.0. The van der Waals surface area contributed by atoms with Gasteiger partial charge in [0.05, 0.1) is 10.5 Å². The minimum atomic E-state index is -3.66. The van der Waals surface area contributed by atoms with E-state index in [4.69, 9.17) is 4.74 Å². The Morgan fingerprint density at radius 3 is 2.45 bits per heavy atom. The number of aryl methyl sites for hydroxylation is 2. The van der Waals surface area contributed by atoms with Gasteiger partial charge in [-0.15, -0.1) is 0 Å². The number of ether oxygens (including phenoxy) is 1. The van der Waals surface area contributed by atoms with Crippen molar-refractivity contribution in [1.29, 1.82) is 0 Å². The summed E-state index contributed by atoms with van der Waals surface area (Å²) < 4.78 is 46.2. The first kappa shape index (κ1) is 15.4. The lowest BCUT2D eigenvalue weighted by Crippen LogP contribution is -2.40. The highest BCUT2D eigenvalue weighted by Gasteiger charge is 2.32. The Balaban J connectivity index is 2.23. The monoisotopic (exact) mass is 301 g/mol. The van der Waals surface area contributed by atoms with Crippen LogP contribution in [0.15, 0.2) is 17.0 Å². The highest BCUT2D eigenvalue weighted by Crippen LogP contribution is 2.26. The van der Waals surface area contributed by atoms with E-state index in [9.17, 15) is 12.8 Å². The van der Waals surface area contributed by atoms with E-state index in [2.05, 4.69) is 4.72 Å². The minimum absolute atomic E-state index is 0.153. The van der Waals surface area contributed by atoms with Crippen LogP contribution in [-0.2, 0) is 14.8 Å². The van der Waals surface area contributed by atoms with Crippen LogP contribution in [0.5, 0.6) is 0 Å². The predicted molar refractivity (Wildman–Crippen MR) is 74.7 cm³/mol. The lowest BCUT2D eigenvalue weighted by Gasteiger charge is -2.24. The Bertz CT molecular complexity index is 584. The van der Waals surface area contributed by atoms with E-state index in [0.29, 0.717) is 17.7 Å². The van der Waals surface area contributed by atoms with E-state index in [1.807, 2.05) is 6.92 Å². The molecule has 1 saturated heterocycles.